The number of aryl methyl sites for hydroxylation is 1. The van der Waals surface area contributed by atoms with E-state index in [1.165, 1.54) is 17.4 Å². The van der Waals surface area contributed by atoms with Gasteiger partial charge in [-0.25, -0.2) is 4.98 Å². The van der Waals surface area contributed by atoms with Gasteiger partial charge in [0.1, 0.15) is 0 Å². The highest BCUT2D eigenvalue weighted by Crippen LogP contribution is 2.31. The van der Waals surface area contributed by atoms with Gasteiger partial charge in [-0.15, -0.1) is 11.3 Å². The summed E-state index contributed by atoms with van der Waals surface area (Å²) in [7, 11) is 0. The molecule has 2 aromatic rings. The number of amides is 1. The molecule has 1 aromatic carbocycles. The Morgan fingerprint density at radius 1 is 1.33 bits per heavy atom. The molecule has 3 nitrogen and oxygen atoms in total. The number of aromatic nitrogens is 1. The topological polar surface area (TPSA) is 42.0 Å². The predicted molar refractivity (Wildman–Crippen MR) is 89.3 cm³/mol. The zero-order valence-electron chi connectivity index (χ0n) is 13.5. The summed E-state index contributed by atoms with van der Waals surface area (Å²) in [4.78, 5) is 16.9. The summed E-state index contributed by atoms with van der Waals surface area (Å²) < 4.78 is 38.3. The van der Waals surface area contributed by atoms with Crippen LogP contribution in [-0.4, -0.2) is 10.9 Å². The Bertz CT molecular complexity index is 710. The Labute approximate surface area is 142 Å². The molecule has 0 bridgehead atoms. The molecule has 2 rings (SSSR count). The smallest absolute Gasteiger partial charge is 0.302 e. The van der Waals surface area contributed by atoms with Crippen LogP contribution in [0.5, 0.6) is 0 Å². The molecule has 0 aliphatic carbocycles. The van der Waals surface area contributed by atoms with Crippen molar-refractivity contribution in [2.75, 3.05) is 5.32 Å². The van der Waals surface area contributed by atoms with Crippen LogP contribution in [0.3, 0.4) is 0 Å². The molecule has 0 aliphatic heterocycles. The van der Waals surface area contributed by atoms with Crippen molar-refractivity contribution in [1.29, 1.82) is 0 Å². The number of carbonyl (C=O) groups excluding carboxylic acids is 1. The lowest BCUT2D eigenvalue weighted by Crippen LogP contribution is -2.10. The second-order valence-electron chi connectivity index (χ2n) is 5.55. The van der Waals surface area contributed by atoms with Gasteiger partial charge in [-0.1, -0.05) is 31.5 Å². The number of thiazole rings is 1. The minimum atomic E-state index is -4.35. The van der Waals surface area contributed by atoms with E-state index < -0.39 is 11.7 Å². The maximum atomic E-state index is 12.8. The van der Waals surface area contributed by atoms with E-state index in [0.29, 0.717) is 23.5 Å². The molecule has 24 heavy (non-hydrogen) atoms. The Morgan fingerprint density at radius 2 is 2.08 bits per heavy atom. The molecular weight excluding hydrogens is 337 g/mol. The average Bonchev–Trinajstić information content (AvgIpc) is 2.84. The third kappa shape index (κ3) is 5.06. The van der Waals surface area contributed by atoms with E-state index in [2.05, 4.69) is 10.3 Å². The SMILES string of the molecule is CCCCC(=O)Nc1nc(C)c(Cc2cccc(C(F)(F)F)c2)s1. The van der Waals surface area contributed by atoms with Crippen LogP contribution in [-0.2, 0) is 17.4 Å². The molecule has 1 aromatic heterocycles. The summed E-state index contributed by atoms with van der Waals surface area (Å²) in [6.45, 7) is 3.80. The van der Waals surface area contributed by atoms with E-state index >= 15 is 0 Å². The Hall–Kier alpha value is -1.89. The fourth-order valence-electron chi connectivity index (χ4n) is 2.21. The van der Waals surface area contributed by atoms with Crippen molar-refractivity contribution < 1.29 is 18.0 Å². The zero-order chi connectivity index (χ0) is 17.7. The minimum absolute atomic E-state index is 0.0868. The lowest BCUT2D eigenvalue weighted by molar-refractivity contribution is -0.137. The molecule has 1 heterocycles. The Morgan fingerprint density at radius 3 is 2.75 bits per heavy atom. The normalized spacial score (nSPS) is 11.5. The number of unbranched alkanes of at least 4 members (excludes halogenated alkanes) is 1. The third-order valence-corrected chi connectivity index (χ3v) is 4.59. The Kier molecular flexibility index (Phi) is 5.99. The van der Waals surface area contributed by atoms with Crippen LogP contribution >= 0.6 is 11.3 Å². The second-order valence-corrected chi connectivity index (χ2v) is 6.64. The average molecular weight is 356 g/mol. The first-order valence-corrected chi connectivity index (χ1v) is 8.53. The highest BCUT2D eigenvalue weighted by atomic mass is 32.1. The molecule has 0 fully saturated rings. The monoisotopic (exact) mass is 356 g/mol. The van der Waals surface area contributed by atoms with Crippen LogP contribution < -0.4 is 5.32 Å². The number of alkyl halides is 3. The standard InChI is InChI=1S/C17H19F3N2OS/c1-3-4-8-15(23)22-16-21-11(2)14(24-16)10-12-6-5-7-13(9-12)17(18,19)20/h5-7,9H,3-4,8,10H2,1-2H3,(H,21,22,23). The van der Waals surface area contributed by atoms with E-state index in [0.717, 1.165) is 35.5 Å². The number of halogens is 3. The first-order chi connectivity index (χ1) is 11.3. The number of nitrogens with zero attached hydrogens (tertiary/aromatic N) is 1. The number of anilines is 1. The van der Waals surface area contributed by atoms with Crippen LogP contribution in [0.4, 0.5) is 18.3 Å². The molecule has 7 heteroatoms. The van der Waals surface area contributed by atoms with Gasteiger partial charge in [-0.2, -0.15) is 13.2 Å². The first-order valence-electron chi connectivity index (χ1n) is 7.72. The summed E-state index contributed by atoms with van der Waals surface area (Å²) in [5.74, 6) is -0.0868. The fourth-order valence-corrected chi connectivity index (χ4v) is 3.22. The molecule has 0 radical (unpaired) electrons. The van der Waals surface area contributed by atoms with Crippen molar-refractivity contribution in [2.45, 2.75) is 45.7 Å². The van der Waals surface area contributed by atoms with Crippen molar-refractivity contribution in [1.82, 2.24) is 4.98 Å². The molecule has 0 saturated heterocycles. The molecular formula is C17H19F3N2OS. The van der Waals surface area contributed by atoms with Gasteiger partial charge in [-0.05, 0) is 25.0 Å². The number of benzene rings is 1. The van der Waals surface area contributed by atoms with E-state index in [1.807, 2.05) is 6.92 Å². The third-order valence-electron chi connectivity index (χ3n) is 3.52. The van der Waals surface area contributed by atoms with Crippen LogP contribution in [0.15, 0.2) is 24.3 Å². The maximum Gasteiger partial charge on any atom is 0.416 e. The molecule has 130 valence electrons. The number of nitrogens with one attached hydrogen (secondary N) is 1. The Balaban J connectivity index is 2.10. The minimum Gasteiger partial charge on any atom is -0.302 e. The van der Waals surface area contributed by atoms with Gasteiger partial charge in [0.15, 0.2) is 5.13 Å². The van der Waals surface area contributed by atoms with Crippen LogP contribution in [0.1, 0.15) is 47.9 Å². The van der Waals surface area contributed by atoms with Gasteiger partial charge in [0.05, 0.1) is 11.3 Å². The number of carbonyl (C=O) groups is 1. The molecule has 0 atom stereocenters. The summed E-state index contributed by atoms with van der Waals surface area (Å²) >= 11 is 1.31. The predicted octanol–water partition coefficient (Wildman–Crippen LogP) is 5.19. The van der Waals surface area contributed by atoms with E-state index in [-0.39, 0.29) is 5.91 Å². The summed E-state index contributed by atoms with van der Waals surface area (Å²) in [6, 6.07) is 5.27. The quantitative estimate of drug-likeness (QED) is 0.774. The fraction of sp³-hybridized carbons (Fsp3) is 0.412. The molecule has 1 N–H and O–H groups in total. The maximum absolute atomic E-state index is 12.8. The van der Waals surface area contributed by atoms with Crippen molar-refractivity contribution >= 4 is 22.4 Å². The highest BCUT2D eigenvalue weighted by molar-refractivity contribution is 7.15. The molecule has 0 saturated carbocycles. The molecule has 0 spiro atoms. The van der Waals surface area contributed by atoms with Crippen molar-refractivity contribution in [3.8, 4) is 0 Å². The van der Waals surface area contributed by atoms with Gasteiger partial charge in [0.25, 0.3) is 0 Å². The molecule has 1 amide bonds. The van der Waals surface area contributed by atoms with Crippen LogP contribution in [0, 0.1) is 6.92 Å². The summed E-state index contributed by atoms with van der Waals surface area (Å²) in [5, 5.41) is 3.24. The van der Waals surface area contributed by atoms with Crippen molar-refractivity contribution in [3.63, 3.8) is 0 Å². The molecule has 0 aliphatic rings. The lowest BCUT2D eigenvalue weighted by Gasteiger charge is -2.08. The van der Waals surface area contributed by atoms with E-state index in [9.17, 15) is 18.0 Å². The first kappa shape index (κ1) is 18.4. The van der Waals surface area contributed by atoms with Gasteiger partial charge >= 0.3 is 6.18 Å². The van der Waals surface area contributed by atoms with Crippen molar-refractivity contribution in [3.05, 3.63) is 46.0 Å². The van der Waals surface area contributed by atoms with Gasteiger partial charge < -0.3 is 5.32 Å². The highest BCUT2D eigenvalue weighted by Gasteiger charge is 2.30. The molecule has 0 unspecified atom stereocenters. The zero-order valence-corrected chi connectivity index (χ0v) is 14.4. The number of hydrogen-bond acceptors (Lipinski definition) is 3. The van der Waals surface area contributed by atoms with Gasteiger partial charge in [0.2, 0.25) is 5.91 Å². The van der Waals surface area contributed by atoms with Gasteiger partial charge in [-0.3, -0.25) is 4.79 Å². The van der Waals surface area contributed by atoms with Crippen LogP contribution in [0.25, 0.3) is 0 Å². The summed E-state index contributed by atoms with van der Waals surface area (Å²) in [5.41, 5.74) is 0.638. The van der Waals surface area contributed by atoms with Crippen molar-refractivity contribution in [2.24, 2.45) is 0 Å². The number of rotatable bonds is 6. The lowest BCUT2D eigenvalue weighted by atomic mass is 10.1. The van der Waals surface area contributed by atoms with Crippen LogP contribution in [0.2, 0.25) is 0 Å². The van der Waals surface area contributed by atoms with E-state index in [1.54, 1.807) is 13.0 Å². The number of hydrogen-bond donors (Lipinski definition) is 1. The van der Waals surface area contributed by atoms with E-state index in [4.69, 9.17) is 0 Å². The summed E-state index contributed by atoms with van der Waals surface area (Å²) in [6.07, 6.45) is -1.80. The van der Waals surface area contributed by atoms with Gasteiger partial charge in [0, 0.05) is 17.7 Å². The second kappa shape index (κ2) is 7.79. The largest absolute Gasteiger partial charge is 0.416 e.